The highest BCUT2D eigenvalue weighted by Crippen LogP contribution is 2.36. The third-order valence-corrected chi connectivity index (χ3v) is 5.19. The summed E-state index contributed by atoms with van der Waals surface area (Å²) in [6, 6.07) is 9.94. The van der Waals surface area contributed by atoms with Gasteiger partial charge in [-0.3, -0.25) is 9.59 Å². The molecule has 0 unspecified atom stereocenters. The van der Waals surface area contributed by atoms with E-state index in [4.69, 9.17) is 0 Å². The van der Waals surface area contributed by atoms with Crippen LogP contribution in [-0.2, 0) is 9.59 Å². The molecule has 5 nitrogen and oxygen atoms in total. The van der Waals surface area contributed by atoms with Gasteiger partial charge in [0.1, 0.15) is 0 Å². The standard InChI is InChI=1S/C18H24N2O3/c1-20-16(22)10-13(17(20)12-6-3-2-4-7-12)11-19-18(23)14-8-5-9-15(14)21/h2-4,6-7,13-15,17,21H,5,8-11H2,1H3,(H,19,23)/t13-,14-,15+,17+/m1/s1. The first-order chi connectivity index (χ1) is 11.1. The SMILES string of the molecule is CN1C(=O)C[C@H](CNC(=O)[C@@H]2CCC[C@@H]2O)[C@@H]1c1ccccc1. The van der Waals surface area contributed by atoms with Gasteiger partial charge >= 0.3 is 0 Å². The van der Waals surface area contributed by atoms with Crippen LogP contribution in [0.4, 0.5) is 0 Å². The molecule has 0 spiro atoms. The topological polar surface area (TPSA) is 69.6 Å². The number of carbonyl (C=O) groups is 2. The van der Waals surface area contributed by atoms with Gasteiger partial charge < -0.3 is 15.3 Å². The molecular weight excluding hydrogens is 292 g/mol. The molecule has 1 heterocycles. The number of likely N-dealkylation sites (tertiary alicyclic amines) is 1. The van der Waals surface area contributed by atoms with Crippen LogP contribution in [0.15, 0.2) is 30.3 Å². The van der Waals surface area contributed by atoms with Crippen molar-refractivity contribution < 1.29 is 14.7 Å². The molecule has 0 bridgehead atoms. The van der Waals surface area contributed by atoms with Crippen LogP contribution in [0.5, 0.6) is 0 Å². The summed E-state index contributed by atoms with van der Waals surface area (Å²) in [5.74, 6) is -0.194. The molecule has 2 amide bonds. The molecule has 1 saturated heterocycles. The van der Waals surface area contributed by atoms with E-state index in [2.05, 4.69) is 5.32 Å². The van der Waals surface area contributed by atoms with Crippen LogP contribution in [0, 0.1) is 11.8 Å². The molecule has 2 fully saturated rings. The summed E-state index contributed by atoms with van der Waals surface area (Å²) in [4.78, 5) is 26.1. The van der Waals surface area contributed by atoms with Crippen molar-refractivity contribution in [1.29, 1.82) is 0 Å². The van der Waals surface area contributed by atoms with Crippen LogP contribution >= 0.6 is 0 Å². The molecule has 124 valence electrons. The van der Waals surface area contributed by atoms with Crippen LogP contribution in [0.2, 0.25) is 0 Å². The highest BCUT2D eigenvalue weighted by atomic mass is 16.3. The van der Waals surface area contributed by atoms with Gasteiger partial charge in [-0.15, -0.1) is 0 Å². The van der Waals surface area contributed by atoms with E-state index in [0.717, 1.165) is 18.4 Å². The smallest absolute Gasteiger partial charge is 0.225 e. The monoisotopic (exact) mass is 316 g/mol. The van der Waals surface area contributed by atoms with Gasteiger partial charge in [-0.2, -0.15) is 0 Å². The van der Waals surface area contributed by atoms with E-state index in [1.54, 1.807) is 4.90 Å². The summed E-state index contributed by atoms with van der Waals surface area (Å²) in [6.07, 6.45) is 2.28. The van der Waals surface area contributed by atoms with Gasteiger partial charge in [0.15, 0.2) is 0 Å². The minimum absolute atomic E-state index is 0.00231. The van der Waals surface area contributed by atoms with Gasteiger partial charge in [0.2, 0.25) is 11.8 Å². The highest BCUT2D eigenvalue weighted by molar-refractivity contribution is 5.81. The lowest BCUT2D eigenvalue weighted by Crippen LogP contribution is -2.38. The minimum atomic E-state index is -0.521. The zero-order valence-electron chi connectivity index (χ0n) is 13.4. The molecule has 0 radical (unpaired) electrons. The van der Waals surface area contributed by atoms with E-state index < -0.39 is 6.10 Å². The summed E-state index contributed by atoms with van der Waals surface area (Å²) in [5, 5.41) is 12.8. The predicted molar refractivity (Wildman–Crippen MR) is 86.4 cm³/mol. The van der Waals surface area contributed by atoms with Crippen LogP contribution in [0.1, 0.15) is 37.3 Å². The van der Waals surface area contributed by atoms with E-state index in [-0.39, 0.29) is 29.7 Å². The number of nitrogens with one attached hydrogen (secondary N) is 1. The van der Waals surface area contributed by atoms with E-state index >= 15 is 0 Å². The fourth-order valence-corrected chi connectivity index (χ4v) is 3.89. The molecule has 1 aromatic rings. The maximum Gasteiger partial charge on any atom is 0.225 e. The average molecular weight is 316 g/mol. The van der Waals surface area contributed by atoms with Crippen molar-refractivity contribution in [2.24, 2.45) is 11.8 Å². The summed E-state index contributed by atoms with van der Waals surface area (Å²) in [6.45, 7) is 0.470. The van der Waals surface area contributed by atoms with Gasteiger partial charge in [-0.1, -0.05) is 30.3 Å². The number of rotatable bonds is 4. The Labute approximate surface area is 136 Å². The lowest BCUT2D eigenvalue weighted by atomic mass is 9.93. The molecule has 1 saturated carbocycles. The maximum atomic E-state index is 12.2. The number of amides is 2. The molecule has 3 rings (SSSR count). The highest BCUT2D eigenvalue weighted by Gasteiger charge is 2.39. The largest absolute Gasteiger partial charge is 0.392 e. The molecular formula is C18H24N2O3. The molecule has 5 heteroatoms. The average Bonchev–Trinajstić information content (AvgIpc) is 3.10. The Morgan fingerprint density at radius 2 is 2.04 bits per heavy atom. The minimum Gasteiger partial charge on any atom is -0.392 e. The van der Waals surface area contributed by atoms with Crippen LogP contribution < -0.4 is 5.32 Å². The van der Waals surface area contributed by atoms with E-state index in [1.165, 1.54) is 0 Å². The number of hydrogen-bond donors (Lipinski definition) is 2. The Bertz CT molecular complexity index is 575. The Hall–Kier alpha value is -1.88. The Kier molecular flexibility index (Phi) is 4.66. The van der Waals surface area contributed by atoms with Crippen LogP contribution in [0.25, 0.3) is 0 Å². The third-order valence-electron chi connectivity index (χ3n) is 5.19. The van der Waals surface area contributed by atoms with Crippen molar-refractivity contribution in [3.05, 3.63) is 35.9 Å². The molecule has 0 aromatic heterocycles. The second-order valence-electron chi connectivity index (χ2n) is 6.67. The van der Waals surface area contributed by atoms with Crippen molar-refractivity contribution in [2.45, 2.75) is 37.8 Å². The molecule has 23 heavy (non-hydrogen) atoms. The van der Waals surface area contributed by atoms with Crippen molar-refractivity contribution in [3.63, 3.8) is 0 Å². The van der Waals surface area contributed by atoms with Crippen molar-refractivity contribution in [2.75, 3.05) is 13.6 Å². The van der Waals surface area contributed by atoms with Crippen molar-refractivity contribution in [1.82, 2.24) is 10.2 Å². The molecule has 2 N–H and O–H groups in total. The summed E-state index contributed by atoms with van der Waals surface area (Å²) >= 11 is 0. The fraction of sp³-hybridized carbons (Fsp3) is 0.556. The Balaban J connectivity index is 1.66. The van der Waals surface area contributed by atoms with E-state index in [0.29, 0.717) is 19.4 Å². The molecule has 1 aliphatic heterocycles. The lowest BCUT2D eigenvalue weighted by molar-refractivity contribution is -0.128. The van der Waals surface area contributed by atoms with Gasteiger partial charge in [0, 0.05) is 25.9 Å². The normalized spacial score (nSPS) is 30.7. The van der Waals surface area contributed by atoms with E-state index in [1.807, 2.05) is 37.4 Å². The number of aliphatic hydroxyl groups excluding tert-OH is 1. The maximum absolute atomic E-state index is 12.2. The van der Waals surface area contributed by atoms with Crippen molar-refractivity contribution in [3.8, 4) is 0 Å². The van der Waals surface area contributed by atoms with Gasteiger partial charge in [-0.05, 0) is 24.8 Å². The predicted octanol–water partition coefficient (Wildman–Crippen LogP) is 1.48. The third kappa shape index (κ3) is 3.24. The second-order valence-corrected chi connectivity index (χ2v) is 6.67. The van der Waals surface area contributed by atoms with Crippen LogP contribution in [-0.4, -0.2) is 41.5 Å². The number of aliphatic hydroxyl groups is 1. The molecule has 1 aromatic carbocycles. The van der Waals surface area contributed by atoms with Gasteiger partial charge in [0.05, 0.1) is 18.1 Å². The summed E-state index contributed by atoms with van der Waals surface area (Å²) < 4.78 is 0. The molecule has 4 atom stereocenters. The van der Waals surface area contributed by atoms with Gasteiger partial charge in [0.25, 0.3) is 0 Å². The number of benzene rings is 1. The Morgan fingerprint density at radius 3 is 2.70 bits per heavy atom. The quantitative estimate of drug-likeness (QED) is 0.884. The molecule has 1 aliphatic carbocycles. The van der Waals surface area contributed by atoms with Crippen molar-refractivity contribution >= 4 is 11.8 Å². The zero-order chi connectivity index (χ0) is 16.4. The number of hydrogen-bond acceptors (Lipinski definition) is 3. The van der Waals surface area contributed by atoms with Gasteiger partial charge in [-0.25, -0.2) is 0 Å². The lowest BCUT2D eigenvalue weighted by Gasteiger charge is -2.26. The first-order valence-electron chi connectivity index (χ1n) is 8.34. The number of carbonyl (C=O) groups excluding carboxylic acids is 2. The van der Waals surface area contributed by atoms with E-state index in [9.17, 15) is 14.7 Å². The molecule has 2 aliphatic rings. The Morgan fingerprint density at radius 1 is 1.30 bits per heavy atom. The first kappa shape index (κ1) is 16.0. The van der Waals surface area contributed by atoms with Crippen LogP contribution in [0.3, 0.4) is 0 Å². The second kappa shape index (κ2) is 6.71. The first-order valence-corrected chi connectivity index (χ1v) is 8.34. The fourth-order valence-electron chi connectivity index (χ4n) is 3.89. The summed E-state index contributed by atoms with van der Waals surface area (Å²) in [7, 11) is 1.82. The zero-order valence-corrected chi connectivity index (χ0v) is 13.4. The number of nitrogens with zero attached hydrogens (tertiary/aromatic N) is 1. The summed E-state index contributed by atoms with van der Waals surface area (Å²) in [5.41, 5.74) is 1.10.